The van der Waals surface area contributed by atoms with Gasteiger partial charge in [-0.1, -0.05) is 24.2 Å². The van der Waals surface area contributed by atoms with Crippen molar-refractivity contribution >= 4 is 5.71 Å². The van der Waals surface area contributed by atoms with Gasteiger partial charge in [-0.2, -0.15) is 0 Å². The lowest BCUT2D eigenvalue weighted by Gasteiger charge is -2.32. The largest absolute Gasteiger partial charge is 0.411 e. The van der Waals surface area contributed by atoms with Crippen molar-refractivity contribution in [3.63, 3.8) is 0 Å². The first-order valence-electron chi connectivity index (χ1n) is 6.51. The van der Waals surface area contributed by atoms with E-state index < -0.39 is 11.6 Å². The molecule has 0 spiro atoms. The van der Waals surface area contributed by atoms with E-state index in [9.17, 15) is 8.78 Å². The fourth-order valence-electron chi connectivity index (χ4n) is 2.54. The number of likely N-dealkylation sites (tertiary alicyclic amines) is 1. The summed E-state index contributed by atoms with van der Waals surface area (Å²) in [6, 6.07) is 4.25. The van der Waals surface area contributed by atoms with E-state index in [2.05, 4.69) is 10.1 Å². The summed E-state index contributed by atoms with van der Waals surface area (Å²) in [4.78, 5) is 2.07. The van der Waals surface area contributed by atoms with Crippen LogP contribution >= 0.6 is 0 Å². The zero-order chi connectivity index (χ0) is 13.8. The first kappa shape index (κ1) is 13.9. The third kappa shape index (κ3) is 3.10. The minimum absolute atomic E-state index is 0.190. The van der Waals surface area contributed by atoms with Crippen molar-refractivity contribution in [3.05, 3.63) is 35.4 Å². The molecular weight excluding hydrogens is 250 g/mol. The van der Waals surface area contributed by atoms with Gasteiger partial charge in [0.15, 0.2) is 11.6 Å². The standard InChI is InChI=1S/C14H18F2N2O/c1-2-10-8-18(7-6-13(10)17-19)9-11-4-3-5-12(15)14(11)16/h3-5,10,19H,2,6-9H2,1H3/b17-13+. The number of hydrogen-bond acceptors (Lipinski definition) is 3. The molecule has 0 radical (unpaired) electrons. The average molecular weight is 268 g/mol. The second-order valence-corrected chi connectivity index (χ2v) is 4.89. The Labute approximate surface area is 111 Å². The van der Waals surface area contributed by atoms with Crippen molar-refractivity contribution in [2.45, 2.75) is 26.3 Å². The van der Waals surface area contributed by atoms with Crippen LogP contribution in [-0.2, 0) is 6.54 Å². The lowest BCUT2D eigenvalue weighted by atomic mass is 9.93. The first-order chi connectivity index (χ1) is 9.15. The van der Waals surface area contributed by atoms with Crippen LogP contribution in [0.15, 0.2) is 23.4 Å². The molecular formula is C14H18F2N2O. The molecule has 0 aromatic heterocycles. The molecule has 19 heavy (non-hydrogen) atoms. The van der Waals surface area contributed by atoms with Crippen LogP contribution in [0.25, 0.3) is 0 Å². The molecule has 1 atom stereocenters. The van der Waals surface area contributed by atoms with Crippen LogP contribution in [0.1, 0.15) is 25.3 Å². The molecule has 1 aliphatic heterocycles. The summed E-state index contributed by atoms with van der Waals surface area (Å²) < 4.78 is 26.8. The number of halogens is 2. The van der Waals surface area contributed by atoms with E-state index in [0.29, 0.717) is 31.6 Å². The Kier molecular flexibility index (Phi) is 4.47. The molecule has 104 valence electrons. The number of piperidine rings is 1. The molecule has 5 heteroatoms. The molecule has 2 rings (SSSR count). The number of benzene rings is 1. The fraction of sp³-hybridized carbons (Fsp3) is 0.500. The molecule has 1 fully saturated rings. The second kappa shape index (κ2) is 6.10. The van der Waals surface area contributed by atoms with E-state index in [1.807, 2.05) is 6.92 Å². The molecule has 1 aromatic carbocycles. The number of hydrogen-bond donors (Lipinski definition) is 1. The molecule has 0 bridgehead atoms. The summed E-state index contributed by atoms with van der Waals surface area (Å²) in [6.07, 6.45) is 1.55. The van der Waals surface area contributed by atoms with Crippen molar-refractivity contribution in [2.24, 2.45) is 11.1 Å². The average Bonchev–Trinajstić information content (AvgIpc) is 2.43. The smallest absolute Gasteiger partial charge is 0.163 e. The highest BCUT2D eigenvalue weighted by molar-refractivity contribution is 5.87. The summed E-state index contributed by atoms with van der Waals surface area (Å²) >= 11 is 0. The SMILES string of the molecule is CCC1CN(Cc2cccc(F)c2F)CC/C1=N\O. The second-order valence-electron chi connectivity index (χ2n) is 4.89. The Morgan fingerprint density at radius 1 is 1.42 bits per heavy atom. The minimum Gasteiger partial charge on any atom is -0.411 e. The molecule has 3 nitrogen and oxygen atoms in total. The van der Waals surface area contributed by atoms with E-state index in [1.165, 1.54) is 6.07 Å². The Morgan fingerprint density at radius 3 is 2.89 bits per heavy atom. The van der Waals surface area contributed by atoms with E-state index in [-0.39, 0.29) is 5.92 Å². The maximum absolute atomic E-state index is 13.6. The summed E-state index contributed by atoms with van der Waals surface area (Å²) in [7, 11) is 0. The molecule has 0 aliphatic carbocycles. The van der Waals surface area contributed by atoms with Crippen LogP contribution in [0.2, 0.25) is 0 Å². The topological polar surface area (TPSA) is 35.8 Å². The van der Waals surface area contributed by atoms with Gasteiger partial charge in [0.2, 0.25) is 0 Å². The van der Waals surface area contributed by atoms with Crippen molar-refractivity contribution in [1.29, 1.82) is 0 Å². The lowest BCUT2D eigenvalue weighted by molar-refractivity contribution is 0.217. The Balaban J connectivity index is 2.06. The van der Waals surface area contributed by atoms with Gasteiger partial charge in [-0.3, -0.25) is 4.90 Å². The molecule has 1 unspecified atom stereocenters. The minimum atomic E-state index is -0.806. The summed E-state index contributed by atoms with van der Waals surface area (Å²) in [5, 5.41) is 12.2. The fourth-order valence-corrected chi connectivity index (χ4v) is 2.54. The molecule has 1 aliphatic rings. The third-order valence-corrected chi connectivity index (χ3v) is 3.68. The molecule has 1 heterocycles. The number of rotatable bonds is 3. The van der Waals surface area contributed by atoms with Crippen LogP contribution in [0, 0.1) is 17.6 Å². The van der Waals surface area contributed by atoms with E-state index in [0.717, 1.165) is 18.2 Å². The molecule has 1 saturated heterocycles. The maximum Gasteiger partial charge on any atom is 0.163 e. The summed E-state index contributed by atoms with van der Waals surface area (Å²) in [6.45, 7) is 3.83. The zero-order valence-corrected chi connectivity index (χ0v) is 10.9. The highest BCUT2D eigenvalue weighted by atomic mass is 19.2. The van der Waals surface area contributed by atoms with Crippen LogP contribution in [0.4, 0.5) is 8.78 Å². The lowest BCUT2D eigenvalue weighted by Crippen LogP contribution is -2.40. The van der Waals surface area contributed by atoms with Gasteiger partial charge in [-0.25, -0.2) is 8.78 Å². The van der Waals surface area contributed by atoms with Gasteiger partial charge in [0.25, 0.3) is 0 Å². The monoisotopic (exact) mass is 268 g/mol. The van der Waals surface area contributed by atoms with Gasteiger partial charge in [-0.15, -0.1) is 0 Å². The first-order valence-corrected chi connectivity index (χ1v) is 6.51. The third-order valence-electron chi connectivity index (χ3n) is 3.68. The molecule has 1 aromatic rings. The highest BCUT2D eigenvalue weighted by Gasteiger charge is 2.25. The van der Waals surface area contributed by atoms with Gasteiger partial charge in [0.05, 0.1) is 5.71 Å². The molecule has 0 saturated carbocycles. The van der Waals surface area contributed by atoms with Crippen molar-refractivity contribution in [2.75, 3.05) is 13.1 Å². The predicted molar refractivity (Wildman–Crippen MR) is 69.3 cm³/mol. The number of nitrogens with zero attached hydrogens (tertiary/aromatic N) is 2. The Morgan fingerprint density at radius 2 is 2.21 bits per heavy atom. The molecule has 0 amide bonds. The summed E-state index contributed by atoms with van der Waals surface area (Å²) in [5.74, 6) is -1.38. The van der Waals surface area contributed by atoms with Gasteiger partial charge in [0.1, 0.15) is 0 Å². The quantitative estimate of drug-likeness (QED) is 0.675. The van der Waals surface area contributed by atoms with Crippen LogP contribution in [0.3, 0.4) is 0 Å². The van der Waals surface area contributed by atoms with E-state index in [1.54, 1.807) is 6.07 Å². The van der Waals surface area contributed by atoms with Gasteiger partial charge >= 0.3 is 0 Å². The van der Waals surface area contributed by atoms with Gasteiger partial charge < -0.3 is 5.21 Å². The normalized spacial score (nSPS) is 22.9. The zero-order valence-electron chi connectivity index (χ0n) is 10.9. The van der Waals surface area contributed by atoms with Crippen molar-refractivity contribution in [3.8, 4) is 0 Å². The van der Waals surface area contributed by atoms with E-state index >= 15 is 0 Å². The van der Waals surface area contributed by atoms with Gasteiger partial charge in [0, 0.05) is 37.5 Å². The van der Waals surface area contributed by atoms with Crippen LogP contribution < -0.4 is 0 Å². The predicted octanol–water partition coefficient (Wildman–Crippen LogP) is 3.03. The Bertz CT molecular complexity index is 477. The molecule has 1 N–H and O–H groups in total. The van der Waals surface area contributed by atoms with Crippen LogP contribution in [-0.4, -0.2) is 28.9 Å². The van der Waals surface area contributed by atoms with Crippen molar-refractivity contribution in [1.82, 2.24) is 4.90 Å². The van der Waals surface area contributed by atoms with E-state index in [4.69, 9.17) is 5.21 Å². The maximum atomic E-state index is 13.6. The highest BCUT2D eigenvalue weighted by Crippen LogP contribution is 2.21. The Hall–Kier alpha value is -1.49. The van der Waals surface area contributed by atoms with Crippen LogP contribution in [0.5, 0.6) is 0 Å². The van der Waals surface area contributed by atoms with Crippen molar-refractivity contribution < 1.29 is 14.0 Å². The number of oxime groups is 1. The summed E-state index contributed by atoms with van der Waals surface area (Å²) in [5.41, 5.74) is 1.18. The van der Waals surface area contributed by atoms with Gasteiger partial charge in [-0.05, 0) is 12.5 Å².